The molecule has 1 aliphatic carbocycles. The molecular formula is C15H18BrClINO. The van der Waals surface area contributed by atoms with Gasteiger partial charge in [0.05, 0.1) is 5.56 Å². The second-order valence-corrected chi connectivity index (χ2v) is 7.66. The zero-order chi connectivity index (χ0) is 14.6. The van der Waals surface area contributed by atoms with E-state index in [9.17, 15) is 4.79 Å². The van der Waals surface area contributed by atoms with Gasteiger partial charge in [0.15, 0.2) is 0 Å². The summed E-state index contributed by atoms with van der Waals surface area (Å²) in [6.45, 7) is 0.736. The first-order valence-corrected chi connectivity index (χ1v) is 9.43. The van der Waals surface area contributed by atoms with Crippen LogP contribution in [0.4, 0.5) is 0 Å². The van der Waals surface area contributed by atoms with Gasteiger partial charge in [-0.15, -0.1) is 0 Å². The number of carbonyl (C=O) groups is 1. The van der Waals surface area contributed by atoms with Crippen molar-refractivity contribution in [2.45, 2.75) is 32.1 Å². The number of alkyl halides is 1. The second kappa shape index (κ2) is 7.45. The molecule has 0 aliphatic heterocycles. The van der Waals surface area contributed by atoms with E-state index in [1.165, 1.54) is 32.1 Å². The average Bonchev–Trinajstić information content (AvgIpc) is 2.48. The van der Waals surface area contributed by atoms with E-state index < -0.39 is 0 Å². The molecule has 1 aliphatic rings. The first-order valence-electron chi connectivity index (χ1n) is 6.86. The maximum Gasteiger partial charge on any atom is 0.252 e. The number of nitrogens with one attached hydrogen (secondary N) is 1. The molecule has 1 amide bonds. The van der Waals surface area contributed by atoms with Gasteiger partial charge in [0.2, 0.25) is 0 Å². The van der Waals surface area contributed by atoms with Gasteiger partial charge in [0, 0.05) is 20.5 Å². The zero-order valence-electron chi connectivity index (χ0n) is 11.2. The summed E-state index contributed by atoms with van der Waals surface area (Å²) in [4.78, 5) is 12.3. The Hall–Kier alpha value is 0.190. The highest BCUT2D eigenvalue weighted by molar-refractivity contribution is 14.1. The van der Waals surface area contributed by atoms with Crippen LogP contribution in [0.25, 0.3) is 0 Å². The SMILES string of the molecule is O=C(NCC1(CBr)CCCCC1)c1cc(Cl)ccc1I. The molecular weight excluding hydrogens is 452 g/mol. The molecule has 0 heterocycles. The number of hydrogen-bond donors (Lipinski definition) is 1. The fraction of sp³-hybridized carbons (Fsp3) is 0.533. The minimum Gasteiger partial charge on any atom is -0.351 e. The van der Waals surface area contributed by atoms with Gasteiger partial charge in [-0.1, -0.05) is 46.8 Å². The van der Waals surface area contributed by atoms with Crippen molar-refractivity contribution in [2.24, 2.45) is 5.41 Å². The largest absolute Gasteiger partial charge is 0.351 e. The average molecular weight is 471 g/mol. The Balaban J connectivity index is 2.02. The molecule has 0 spiro atoms. The maximum atomic E-state index is 12.3. The van der Waals surface area contributed by atoms with Crippen LogP contribution in [0, 0.1) is 8.99 Å². The van der Waals surface area contributed by atoms with Gasteiger partial charge < -0.3 is 5.32 Å². The van der Waals surface area contributed by atoms with Gasteiger partial charge in [0.1, 0.15) is 0 Å². The normalized spacial score (nSPS) is 17.8. The monoisotopic (exact) mass is 469 g/mol. The van der Waals surface area contributed by atoms with Gasteiger partial charge in [-0.3, -0.25) is 4.79 Å². The Bertz CT molecular complexity index is 489. The summed E-state index contributed by atoms with van der Waals surface area (Å²) in [6.07, 6.45) is 6.21. The molecule has 20 heavy (non-hydrogen) atoms. The predicted molar refractivity (Wildman–Crippen MR) is 95.8 cm³/mol. The van der Waals surface area contributed by atoms with Crippen LogP contribution in [-0.4, -0.2) is 17.8 Å². The van der Waals surface area contributed by atoms with Crippen LogP contribution < -0.4 is 5.32 Å². The van der Waals surface area contributed by atoms with Crippen molar-refractivity contribution in [1.82, 2.24) is 5.32 Å². The summed E-state index contributed by atoms with van der Waals surface area (Å²) in [5.74, 6) is -0.0252. The Morgan fingerprint density at radius 2 is 2.05 bits per heavy atom. The molecule has 1 N–H and O–H groups in total. The van der Waals surface area contributed by atoms with Crippen LogP contribution >= 0.6 is 50.1 Å². The van der Waals surface area contributed by atoms with Crippen molar-refractivity contribution in [3.05, 3.63) is 32.4 Å². The van der Waals surface area contributed by atoms with Gasteiger partial charge in [-0.25, -0.2) is 0 Å². The van der Waals surface area contributed by atoms with E-state index in [-0.39, 0.29) is 11.3 Å². The molecule has 1 saturated carbocycles. The van der Waals surface area contributed by atoms with Crippen LogP contribution in [0.2, 0.25) is 5.02 Å². The van der Waals surface area contributed by atoms with E-state index >= 15 is 0 Å². The van der Waals surface area contributed by atoms with Gasteiger partial charge >= 0.3 is 0 Å². The highest BCUT2D eigenvalue weighted by Gasteiger charge is 2.31. The van der Waals surface area contributed by atoms with Crippen LogP contribution in [0.1, 0.15) is 42.5 Å². The predicted octanol–water partition coefficient (Wildman–Crippen LogP) is 5.02. The topological polar surface area (TPSA) is 29.1 Å². The summed E-state index contributed by atoms with van der Waals surface area (Å²) in [7, 11) is 0. The third-order valence-corrected chi connectivity index (χ3v) is 6.36. The number of carbonyl (C=O) groups excluding carboxylic acids is 1. The first kappa shape index (κ1) is 16.6. The number of benzene rings is 1. The molecule has 110 valence electrons. The third-order valence-electron chi connectivity index (χ3n) is 3.99. The lowest BCUT2D eigenvalue weighted by atomic mass is 9.75. The minimum atomic E-state index is -0.0252. The number of hydrogen-bond acceptors (Lipinski definition) is 1. The van der Waals surface area contributed by atoms with Crippen molar-refractivity contribution < 1.29 is 4.79 Å². The standard InChI is InChI=1S/C15H18BrClINO/c16-9-15(6-2-1-3-7-15)10-19-14(20)12-8-11(17)4-5-13(12)18/h4-5,8H,1-3,6-7,9-10H2,(H,19,20). The van der Waals surface area contributed by atoms with Crippen molar-refractivity contribution in [3.8, 4) is 0 Å². The van der Waals surface area contributed by atoms with Crippen molar-refractivity contribution in [1.29, 1.82) is 0 Å². The molecule has 0 atom stereocenters. The summed E-state index contributed by atoms with van der Waals surface area (Å²) < 4.78 is 0.932. The van der Waals surface area contributed by atoms with E-state index in [2.05, 4.69) is 43.8 Å². The molecule has 0 bridgehead atoms. The summed E-state index contributed by atoms with van der Waals surface area (Å²) in [5, 5.41) is 4.65. The highest BCUT2D eigenvalue weighted by Crippen LogP contribution is 2.37. The summed E-state index contributed by atoms with van der Waals surface area (Å²) in [6, 6.07) is 5.42. The Morgan fingerprint density at radius 1 is 1.35 bits per heavy atom. The van der Waals surface area contributed by atoms with E-state index in [1.807, 2.05) is 6.07 Å². The molecule has 1 aromatic carbocycles. The number of rotatable bonds is 4. The van der Waals surface area contributed by atoms with E-state index in [4.69, 9.17) is 11.6 Å². The maximum absolute atomic E-state index is 12.3. The Kier molecular flexibility index (Phi) is 6.17. The lowest BCUT2D eigenvalue weighted by Crippen LogP contribution is -2.40. The Morgan fingerprint density at radius 3 is 2.70 bits per heavy atom. The molecule has 5 heteroatoms. The van der Waals surface area contributed by atoms with Crippen LogP contribution in [0.5, 0.6) is 0 Å². The molecule has 0 unspecified atom stereocenters. The van der Waals surface area contributed by atoms with Gasteiger partial charge in [-0.2, -0.15) is 0 Å². The lowest BCUT2D eigenvalue weighted by Gasteiger charge is -2.35. The van der Waals surface area contributed by atoms with E-state index in [0.717, 1.165) is 15.4 Å². The lowest BCUT2D eigenvalue weighted by molar-refractivity contribution is 0.0921. The zero-order valence-corrected chi connectivity index (χ0v) is 15.7. The second-order valence-electron chi connectivity index (χ2n) is 5.50. The number of amides is 1. The first-order chi connectivity index (χ1) is 9.56. The van der Waals surface area contributed by atoms with Crippen molar-refractivity contribution in [3.63, 3.8) is 0 Å². The molecule has 0 saturated heterocycles. The smallest absolute Gasteiger partial charge is 0.252 e. The fourth-order valence-electron chi connectivity index (χ4n) is 2.69. The molecule has 1 fully saturated rings. The summed E-state index contributed by atoms with van der Waals surface area (Å²) in [5.41, 5.74) is 0.886. The van der Waals surface area contributed by atoms with Gasteiger partial charge in [-0.05, 0) is 59.0 Å². The van der Waals surface area contributed by atoms with Crippen molar-refractivity contribution >= 4 is 56.0 Å². The summed E-state index contributed by atoms with van der Waals surface area (Å²) >= 11 is 11.8. The molecule has 2 rings (SSSR count). The highest BCUT2D eigenvalue weighted by atomic mass is 127. The quantitative estimate of drug-likeness (QED) is 0.486. The number of halogens is 3. The van der Waals surface area contributed by atoms with E-state index in [0.29, 0.717) is 10.6 Å². The van der Waals surface area contributed by atoms with Crippen molar-refractivity contribution in [2.75, 3.05) is 11.9 Å². The molecule has 1 aromatic rings. The molecule has 0 aromatic heterocycles. The van der Waals surface area contributed by atoms with Crippen LogP contribution in [0.3, 0.4) is 0 Å². The third kappa shape index (κ3) is 4.10. The fourth-order valence-corrected chi connectivity index (χ4v) is 4.21. The Labute approximate surface area is 147 Å². The minimum absolute atomic E-state index is 0.0252. The van der Waals surface area contributed by atoms with Gasteiger partial charge in [0.25, 0.3) is 5.91 Å². The van der Waals surface area contributed by atoms with Crippen LogP contribution in [0.15, 0.2) is 18.2 Å². The molecule has 2 nitrogen and oxygen atoms in total. The van der Waals surface area contributed by atoms with E-state index in [1.54, 1.807) is 12.1 Å². The van der Waals surface area contributed by atoms with Crippen LogP contribution in [-0.2, 0) is 0 Å². The molecule has 0 radical (unpaired) electrons.